The number of aliphatic carboxylic acids is 1. The van der Waals surface area contributed by atoms with Crippen LogP contribution in [0.3, 0.4) is 0 Å². The number of carbonyl (C=O) groups excluding carboxylic acids is 1. The normalized spacial score (nSPS) is 11.1. The van der Waals surface area contributed by atoms with Crippen molar-refractivity contribution in [1.82, 2.24) is 0 Å². The lowest BCUT2D eigenvalue weighted by molar-refractivity contribution is -0.141. The number of rotatable bonds is 6. The van der Waals surface area contributed by atoms with Crippen molar-refractivity contribution in [2.45, 2.75) is 26.7 Å². The van der Waals surface area contributed by atoms with Crippen molar-refractivity contribution in [3.63, 3.8) is 0 Å². The first-order chi connectivity index (χ1) is 9.04. The van der Waals surface area contributed by atoms with E-state index in [1.54, 1.807) is 0 Å². The first kappa shape index (κ1) is 17.1. The van der Waals surface area contributed by atoms with Crippen LogP contribution in [0.1, 0.15) is 37.0 Å². The Morgan fingerprint density at radius 2 is 1.74 bits per heavy atom. The summed E-state index contributed by atoms with van der Waals surface area (Å²) in [4.78, 5) is 22.6. The maximum atomic E-state index is 11.8. The highest BCUT2D eigenvalue weighted by atomic mass is 16.4. The zero-order valence-electron chi connectivity index (χ0n) is 11.3. The maximum absolute atomic E-state index is 11.8. The zero-order chi connectivity index (χ0) is 14.8. The van der Waals surface area contributed by atoms with Gasteiger partial charge in [-0.15, -0.1) is 0 Å². The largest absolute Gasteiger partial charge is 0.508 e. The van der Waals surface area contributed by atoms with Crippen LogP contribution in [0.15, 0.2) is 24.3 Å². The second kappa shape index (κ2) is 9.10. The zero-order valence-corrected chi connectivity index (χ0v) is 11.3. The molecule has 0 aliphatic carbocycles. The number of aromatic hydroxyl groups is 1. The maximum Gasteiger partial charge on any atom is 0.307 e. The van der Waals surface area contributed by atoms with Crippen LogP contribution in [-0.2, 0) is 4.79 Å². The molecule has 0 spiro atoms. The molecule has 0 aliphatic heterocycles. The summed E-state index contributed by atoms with van der Waals surface area (Å²) < 4.78 is 0. The Morgan fingerprint density at radius 1 is 1.21 bits per heavy atom. The molecular formula is C14H21NO4. The van der Waals surface area contributed by atoms with Gasteiger partial charge >= 0.3 is 5.97 Å². The van der Waals surface area contributed by atoms with Crippen molar-refractivity contribution in [2.75, 3.05) is 6.54 Å². The highest BCUT2D eigenvalue weighted by Crippen LogP contribution is 2.16. The lowest BCUT2D eigenvalue weighted by atomic mass is 9.95. The Kier molecular flexibility index (Phi) is 8.20. The fourth-order valence-electron chi connectivity index (χ4n) is 1.50. The van der Waals surface area contributed by atoms with Gasteiger partial charge in [-0.05, 0) is 37.2 Å². The van der Waals surface area contributed by atoms with Crippen LogP contribution in [-0.4, -0.2) is 28.5 Å². The number of benzene rings is 1. The van der Waals surface area contributed by atoms with Gasteiger partial charge in [0.1, 0.15) is 5.75 Å². The molecule has 0 saturated carbocycles. The third-order valence-electron chi connectivity index (χ3n) is 2.49. The van der Waals surface area contributed by atoms with E-state index in [1.165, 1.54) is 24.3 Å². The Hall–Kier alpha value is -1.88. The third kappa shape index (κ3) is 6.01. The van der Waals surface area contributed by atoms with Crippen molar-refractivity contribution in [1.29, 1.82) is 0 Å². The number of carboxylic acids is 1. The Morgan fingerprint density at radius 3 is 2.16 bits per heavy atom. The van der Waals surface area contributed by atoms with Gasteiger partial charge < -0.3 is 15.9 Å². The van der Waals surface area contributed by atoms with Crippen molar-refractivity contribution in [3.05, 3.63) is 29.8 Å². The van der Waals surface area contributed by atoms with Crippen LogP contribution in [0.5, 0.6) is 5.75 Å². The van der Waals surface area contributed by atoms with Crippen molar-refractivity contribution in [2.24, 2.45) is 11.7 Å². The van der Waals surface area contributed by atoms with Crippen LogP contribution in [0, 0.1) is 5.92 Å². The smallest absolute Gasteiger partial charge is 0.307 e. The number of carbonyl (C=O) groups is 2. The van der Waals surface area contributed by atoms with E-state index in [1.807, 2.05) is 13.8 Å². The lowest BCUT2D eigenvalue weighted by Crippen LogP contribution is -2.21. The molecule has 106 valence electrons. The van der Waals surface area contributed by atoms with E-state index in [0.717, 1.165) is 0 Å². The molecule has 1 unspecified atom stereocenters. The highest BCUT2D eigenvalue weighted by Gasteiger charge is 2.21. The molecule has 1 aromatic rings. The first-order valence-electron chi connectivity index (χ1n) is 6.29. The number of phenols is 1. The van der Waals surface area contributed by atoms with E-state index in [-0.39, 0.29) is 30.9 Å². The van der Waals surface area contributed by atoms with Crippen LogP contribution >= 0.6 is 0 Å². The molecule has 5 nitrogen and oxygen atoms in total. The summed E-state index contributed by atoms with van der Waals surface area (Å²) in [5.74, 6) is -1.95. The molecule has 1 aromatic carbocycles. The minimum Gasteiger partial charge on any atom is -0.508 e. The number of hydrogen-bond acceptors (Lipinski definition) is 4. The van der Waals surface area contributed by atoms with Gasteiger partial charge in [0.2, 0.25) is 0 Å². The topological polar surface area (TPSA) is 101 Å². The summed E-state index contributed by atoms with van der Waals surface area (Å²) in [6, 6.07) is 5.73. The fourth-order valence-corrected chi connectivity index (χ4v) is 1.50. The first-order valence-corrected chi connectivity index (χ1v) is 6.29. The van der Waals surface area contributed by atoms with Gasteiger partial charge in [-0.3, -0.25) is 9.59 Å². The number of carboxylic acid groups (broad SMARTS) is 1. The molecule has 5 heteroatoms. The van der Waals surface area contributed by atoms with E-state index in [4.69, 9.17) is 15.9 Å². The SMILES string of the molecule is CC.NCCC(CC(=O)c1ccc(O)cc1)C(=O)O. The predicted molar refractivity (Wildman–Crippen MR) is 73.2 cm³/mol. The molecule has 0 amide bonds. The molecule has 0 aliphatic rings. The summed E-state index contributed by atoms with van der Waals surface area (Å²) >= 11 is 0. The molecule has 1 atom stereocenters. The number of phenolic OH excluding ortho intramolecular Hbond substituents is 1. The van der Waals surface area contributed by atoms with Gasteiger partial charge in [0.05, 0.1) is 5.92 Å². The van der Waals surface area contributed by atoms with Crippen molar-refractivity contribution < 1.29 is 19.8 Å². The minimum atomic E-state index is -1.01. The number of ketones is 1. The monoisotopic (exact) mass is 267 g/mol. The van der Waals surface area contributed by atoms with E-state index in [9.17, 15) is 9.59 Å². The summed E-state index contributed by atoms with van der Waals surface area (Å²) in [6.45, 7) is 4.24. The van der Waals surface area contributed by atoms with Crippen LogP contribution < -0.4 is 5.73 Å². The molecule has 1 rings (SSSR count). The van der Waals surface area contributed by atoms with E-state index in [2.05, 4.69) is 0 Å². The molecule has 19 heavy (non-hydrogen) atoms. The van der Waals surface area contributed by atoms with Gasteiger partial charge in [0.25, 0.3) is 0 Å². The molecule has 0 aromatic heterocycles. The van der Waals surface area contributed by atoms with Gasteiger partial charge in [0, 0.05) is 12.0 Å². The van der Waals surface area contributed by atoms with Gasteiger partial charge in [-0.2, -0.15) is 0 Å². The fraction of sp³-hybridized carbons (Fsp3) is 0.429. The number of hydrogen-bond donors (Lipinski definition) is 3. The van der Waals surface area contributed by atoms with Crippen molar-refractivity contribution in [3.8, 4) is 5.75 Å². The molecular weight excluding hydrogens is 246 g/mol. The van der Waals surface area contributed by atoms with E-state index in [0.29, 0.717) is 5.56 Å². The van der Waals surface area contributed by atoms with E-state index >= 15 is 0 Å². The standard InChI is InChI=1S/C12H15NO4.C2H6/c13-6-5-9(12(16)17)7-11(15)8-1-3-10(14)4-2-8;1-2/h1-4,9,14H,5-7,13H2,(H,16,17);1-2H3. The Bertz CT molecular complexity index is 400. The molecule has 0 bridgehead atoms. The molecule has 4 N–H and O–H groups in total. The number of Topliss-reactive ketones (excluding diaryl/α,β-unsaturated/α-hetero) is 1. The summed E-state index contributed by atoms with van der Waals surface area (Å²) in [6.07, 6.45) is 0.205. The third-order valence-corrected chi connectivity index (χ3v) is 2.49. The van der Waals surface area contributed by atoms with Gasteiger partial charge in [-0.1, -0.05) is 13.8 Å². The lowest BCUT2D eigenvalue weighted by Gasteiger charge is -2.09. The van der Waals surface area contributed by atoms with Crippen LogP contribution in [0.25, 0.3) is 0 Å². The molecule has 0 fully saturated rings. The summed E-state index contributed by atoms with van der Waals surface area (Å²) in [5, 5.41) is 18.0. The molecule has 0 saturated heterocycles. The average molecular weight is 267 g/mol. The Labute approximate surface area is 113 Å². The molecule has 0 radical (unpaired) electrons. The second-order valence-corrected chi connectivity index (χ2v) is 3.79. The van der Waals surface area contributed by atoms with Crippen LogP contribution in [0.2, 0.25) is 0 Å². The Balaban J connectivity index is 0.00000154. The summed E-state index contributed by atoms with van der Waals surface area (Å²) in [5.41, 5.74) is 5.69. The minimum absolute atomic E-state index is 0.0679. The van der Waals surface area contributed by atoms with Crippen LogP contribution in [0.4, 0.5) is 0 Å². The highest BCUT2D eigenvalue weighted by molar-refractivity contribution is 5.98. The van der Waals surface area contributed by atoms with Gasteiger partial charge in [0.15, 0.2) is 5.78 Å². The predicted octanol–water partition coefficient (Wildman–Crippen LogP) is 2.04. The quantitative estimate of drug-likeness (QED) is 0.685. The van der Waals surface area contributed by atoms with E-state index < -0.39 is 11.9 Å². The second-order valence-electron chi connectivity index (χ2n) is 3.79. The van der Waals surface area contributed by atoms with Gasteiger partial charge in [-0.25, -0.2) is 0 Å². The average Bonchev–Trinajstić information content (AvgIpc) is 2.41. The summed E-state index contributed by atoms with van der Waals surface area (Å²) in [7, 11) is 0. The number of nitrogens with two attached hydrogens (primary N) is 1. The molecule has 0 heterocycles. The van der Waals surface area contributed by atoms with Crippen molar-refractivity contribution >= 4 is 11.8 Å².